The molecule has 0 saturated heterocycles. The van der Waals surface area contributed by atoms with Crippen molar-refractivity contribution in [3.63, 3.8) is 0 Å². The van der Waals surface area contributed by atoms with Crippen LogP contribution in [0.25, 0.3) is 0 Å². The summed E-state index contributed by atoms with van der Waals surface area (Å²) in [5.41, 5.74) is -3.51. The molecule has 1 aliphatic rings. The lowest BCUT2D eigenvalue weighted by Gasteiger charge is -2.38. The molecule has 0 amide bonds. The van der Waals surface area contributed by atoms with Crippen LogP contribution in [0.2, 0.25) is 0 Å². The van der Waals surface area contributed by atoms with E-state index in [1.165, 1.54) is 26.0 Å². The van der Waals surface area contributed by atoms with Gasteiger partial charge in [-0.05, 0) is 29.7 Å². The lowest BCUT2D eigenvalue weighted by atomic mass is 9.75. The molecule has 94 valence electrons. The topological polar surface area (TPSA) is 20.2 Å². The molecule has 1 aliphatic carbocycles. The van der Waals surface area contributed by atoms with Crippen LogP contribution in [0.5, 0.6) is 0 Å². The van der Waals surface area contributed by atoms with Gasteiger partial charge in [0.1, 0.15) is 0 Å². The molecule has 0 heterocycles. The van der Waals surface area contributed by atoms with Crippen LogP contribution in [0.3, 0.4) is 0 Å². The van der Waals surface area contributed by atoms with Crippen molar-refractivity contribution < 1.29 is 18.3 Å². The second-order valence-corrected chi connectivity index (χ2v) is 5.99. The summed E-state index contributed by atoms with van der Waals surface area (Å²) in [7, 11) is 0. The van der Waals surface area contributed by atoms with Gasteiger partial charge in [-0.2, -0.15) is 13.2 Å². The zero-order chi connectivity index (χ0) is 13.1. The molecule has 0 saturated carbocycles. The Balaban J connectivity index is 2.69. The summed E-state index contributed by atoms with van der Waals surface area (Å²) in [6.07, 6.45) is -4.46. The van der Waals surface area contributed by atoms with E-state index in [2.05, 4.69) is 15.9 Å². The number of benzene rings is 1. The normalized spacial score (nSPS) is 27.0. The van der Waals surface area contributed by atoms with Crippen molar-refractivity contribution in [2.45, 2.75) is 32.0 Å². The summed E-state index contributed by atoms with van der Waals surface area (Å²) in [6, 6.07) is 4.51. The zero-order valence-corrected chi connectivity index (χ0v) is 11.0. The van der Waals surface area contributed by atoms with Gasteiger partial charge < -0.3 is 5.11 Å². The number of aliphatic hydroxyl groups is 1. The summed E-state index contributed by atoms with van der Waals surface area (Å²) in [5, 5.41) is 10.2. The summed E-state index contributed by atoms with van der Waals surface area (Å²) in [5.74, 6) is 0. The maximum atomic E-state index is 13.2. The molecule has 2 rings (SSSR count). The first-order chi connectivity index (χ1) is 7.59. The highest BCUT2D eigenvalue weighted by Gasteiger charge is 2.66. The van der Waals surface area contributed by atoms with Crippen LogP contribution in [-0.4, -0.2) is 11.3 Å². The van der Waals surface area contributed by atoms with E-state index >= 15 is 0 Å². The highest BCUT2D eigenvalue weighted by molar-refractivity contribution is 9.10. The Hall–Kier alpha value is -0.550. The van der Waals surface area contributed by atoms with Gasteiger partial charge in [0.25, 0.3) is 0 Å². The summed E-state index contributed by atoms with van der Waals surface area (Å²) in [4.78, 5) is 0. The Bertz CT molecular complexity index is 467. The molecule has 1 aromatic rings. The number of hydrogen-bond acceptors (Lipinski definition) is 1. The van der Waals surface area contributed by atoms with Crippen LogP contribution in [0, 0.1) is 5.41 Å². The highest BCUT2D eigenvalue weighted by atomic mass is 79.9. The molecule has 1 N–H and O–H groups in total. The summed E-state index contributed by atoms with van der Waals surface area (Å²) in [6.45, 7) is 2.88. The Morgan fingerprint density at radius 3 is 2.41 bits per heavy atom. The molecular formula is C12H12BrF3O. The molecule has 0 bridgehead atoms. The van der Waals surface area contributed by atoms with E-state index in [-0.39, 0.29) is 12.0 Å². The summed E-state index contributed by atoms with van der Waals surface area (Å²) >= 11 is 3.23. The maximum absolute atomic E-state index is 13.2. The molecule has 17 heavy (non-hydrogen) atoms. The average molecular weight is 309 g/mol. The van der Waals surface area contributed by atoms with Crippen LogP contribution in [0.15, 0.2) is 22.7 Å². The Labute approximate surface area is 106 Å². The van der Waals surface area contributed by atoms with Crippen molar-refractivity contribution in [1.29, 1.82) is 0 Å². The van der Waals surface area contributed by atoms with Gasteiger partial charge >= 0.3 is 6.18 Å². The van der Waals surface area contributed by atoms with Gasteiger partial charge in [0, 0.05) is 9.89 Å². The van der Waals surface area contributed by atoms with Gasteiger partial charge in [-0.3, -0.25) is 0 Å². The van der Waals surface area contributed by atoms with Crippen LogP contribution >= 0.6 is 15.9 Å². The predicted octanol–water partition coefficient (Wildman–Crippen LogP) is 3.78. The smallest absolute Gasteiger partial charge is 0.376 e. The van der Waals surface area contributed by atoms with E-state index in [9.17, 15) is 18.3 Å². The second-order valence-electron chi connectivity index (χ2n) is 5.07. The monoisotopic (exact) mass is 308 g/mol. The minimum Gasteiger partial charge on any atom is -0.376 e. The second kappa shape index (κ2) is 3.48. The minimum atomic E-state index is -4.67. The Kier molecular flexibility index (Phi) is 2.64. The third-order valence-electron chi connectivity index (χ3n) is 3.48. The first kappa shape index (κ1) is 12.9. The van der Waals surface area contributed by atoms with Crippen LogP contribution in [0.4, 0.5) is 13.2 Å². The van der Waals surface area contributed by atoms with Crippen LogP contribution in [0.1, 0.15) is 25.0 Å². The van der Waals surface area contributed by atoms with Crippen molar-refractivity contribution in [2.24, 2.45) is 5.41 Å². The molecule has 1 aromatic carbocycles. The van der Waals surface area contributed by atoms with Crippen molar-refractivity contribution in [3.8, 4) is 0 Å². The fourth-order valence-electron chi connectivity index (χ4n) is 2.57. The Morgan fingerprint density at radius 2 is 1.88 bits per heavy atom. The minimum absolute atomic E-state index is 0.0294. The van der Waals surface area contributed by atoms with Gasteiger partial charge in [-0.25, -0.2) is 0 Å². The first-order valence-corrected chi connectivity index (χ1v) is 5.97. The molecule has 0 unspecified atom stereocenters. The molecule has 0 spiro atoms. The zero-order valence-electron chi connectivity index (χ0n) is 9.40. The van der Waals surface area contributed by atoms with E-state index in [1.807, 2.05) is 0 Å². The number of alkyl halides is 3. The van der Waals surface area contributed by atoms with E-state index in [1.54, 1.807) is 6.07 Å². The molecule has 1 nitrogen and oxygen atoms in total. The van der Waals surface area contributed by atoms with Crippen molar-refractivity contribution in [2.75, 3.05) is 0 Å². The van der Waals surface area contributed by atoms with Gasteiger partial charge in [0.15, 0.2) is 5.60 Å². The molecule has 0 aliphatic heterocycles. The molecule has 0 radical (unpaired) electrons. The predicted molar refractivity (Wildman–Crippen MR) is 61.6 cm³/mol. The largest absolute Gasteiger partial charge is 0.421 e. The first-order valence-electron chi connectivity index (χ1n) is 5.17. The average Bonchev–Trinajstić information content (AvgIpc) is 2.33. The SMILES string of the molecule is CC1(C)Cc2cc(Br)ccc2[C@]1(O)C(F)(F)F. The molecular weight excluding hydrogens is 297 g/mol. The van der Waals surface area contributed by atoms with Crippen molar-refractivity contribution in [3.05, 3.63) is 33.8 Å². The molecule has 0 aromatic heterocycles. The van der Waals surface area contributed by atoms with Gasteiger partial charge in [-0.15, -0.1) is 0 Å². The maximum Gasteiger partial charge on any atom is 0.421 e. The van der Waals surface area contributed by atoms with Gasteiger partial charge in [-0.1, -0.05) is 35.8 Å². The van der Waals surface area contributed by atoms with E-state index in [4.69, 9.17) is 0 Å². The van der Waals surface area contributed by atoms with Gasteiger partial charge in [0.05, 0.1) is 0 Å². The fraction of sp³-hybridized carbons (Fsp3) is 0.500. The lowest BCUT2D eigenvalue weighted by Crippen LogP contribution is -2.50. The number of hydrogen-bond donors (Lipinski definition) is 1. The van der Waals surface area contributed by atoms with E-state index < -0.39 is 17.2 Å². The van der Waals surface area contributed by atoms with Crippen LogP contribution in [-0.2, 0) is 12.0 Å². The third kappa shape index (κ3) is 1.63. The van der Waals surface area contributed by atoms with Crippen LogP contribution < -0.4 is 0 Å². The molecule has 5 heteroatoms. The van der Waals surface area contributed by atoms with Crippen molar-refractivity contribution >= 4 is 15.9 Å². The highest BCUT2D eigenvalue weighted by Crippen LogP contribution is 2.57. The standard InChI is InChI=1S/C12H12BrF3O/c1-10(2)6-7-5-8(13)3-4-9(7)11(10,17)12(14,15)16/h3-5,17H,6H2,1-2H3/t11-/m1/s1. The number of fused-ring (bicyclic) bond motifs is 1. The van der Waals surface area contributed by atoms with E-state index in [0.29, 0.717) is 5.56 Å². The number of halogens is 4. The lowest BCUT2D eigenvalue weighted by molar-refractivity contribution is -0.299. The molecule has 0 fully saturated rings. The summed E-state index contributed by atoms with van der Waals surface area (Å²) < 4.78 is 40.2. The van der Waals surface area contributed by atoms with Gasteiger partial charge in [0.2, 0.25) is 0 Å². The Morgan fingerprint density at radius 1 is 1.29 bits per heavy atom. The number of rotatable bonds is 0. The fourth-order valence-corrected chi connectivity index (χ4v) is 2.98. The molecule has 1 atom stereocenters. The van der Waals surface area contributed by atoms with Crippen molar-refractivity contribution in [1.82, 2.24) is 0 Å². The third-order valence-corrected chi connectivity index (χ3v) is 3.97. The quantitative estimate of drug-likeness (QED) is 0.773. The van der Waals surface area contributed by atoms with E-state index in [0.717, 1.165) is 4.47 Å².